The summed E-state index contributed by atoms with van der Waals surface area (Å²) in [7, 11) is -4.14. The van der Waals surface area contributed by atoms with E-state index in [9.17, 15) is 28.2 Å². The van der Waals surface area contributed by atoms with E-state index in [1.807, 2.05) is 4.72 Å². The van der Waals surface area contributed by atoms with E-state index < -0.39 is 40.8 Å². The van der Waals surface area contributed by atoms with Gasteiger partial charge in [0.2, 0.25) is 10.0 Å². The number of rotatable bonds is 7. The van der Waals surface area contributed by atoms with Crippen LogP contribution in [0, 0.1) is 0 Å². The predicted molar refractivity (Wildman–Crippen MR) is 64.8 cm³/mol. The van der Waals surface area contributed by atoms with Crippen molar-refractivity contribution >= 4 is 33.6 Å². The minimum atomic E-state index is -4.14. The van der Waals surface area contributed by atoms with E-state index in [-0.39, 0.29) is 9.92 Å². The van der Waals surface area contributed by atoms with Crippen LogP contribution in [0.4, 0.5) is 0 Å². The van der Waals surface area contributed by atoms with Gasteiger partial charge in [0.05, 0.1) is 16.9 Å². The average molecular weight is 320 g/mol. The van der Waals surface area contributed by atoms with Gasteiger partial charge in [-0.1, -0.05) is 17.7 Å². The molecule has 110 valence electrons. The van der Waals surface area contributed by atoms with Crippen LogP contribution in [0.5, 0.6) is 0 Å². The number of hydrogen-bond donors (Lipinski definition) is 1. The fourth-order valence-corrected chi connectivity index (χ4v) is 2.90. The molecule has 1 atom stereocenters. The maximum Gasteiger partial charge on any atom is 0.241 e. The van der Waals surface area contributed by atoms with E-state index >= 15 is 0 Å². The van der Waals surface area contributed by atoms with Crippen LogP contribution in [0.1, 0.15) is 12.8 Å². The van der Waals surface area contributed by atoms with Gasteiger partial charge in [0, 0.05) is 11.0 Å². The second kappa shape index (κ2) is 6.69. The van der Waals surface area contributed by atoms with E-state index in [0.29, 0.717) is 0 Å². The van der Waals surface area contributed by atoms with Crippen LogP contribution >= 0.6 is 11.6 Å². The molecule has 0 spiro atoms. The number of benzene rings is 1. The molecule has 0 amide bonds. The molecule has 1 rings (SSSR count). The Kier molecular flexibility index (Phi) is 5.49. The minimum Gasteiger partial charge on any atom is -0.550 e. The lowest BCUT2D eigenvalue weighted by molar-refractivity contribution is -0.309. The molecular formula is C11H10ClNO6S-2. The molecule has 0 saturated heterocycles. The second-order valence-electron chi connectivity index (χ2n) is 3.86. The van der Waals surface area contributed by atoms with Gasteiger partial charge >= 0.3 is 0 Å². The molecular weight excluding hydrogens is 310 g/mol. The highest BCUT2D eigenvalue weighted by Gasteiger charge is 2.21. The fourth-order valence-electron chi connectivity index (χ4n) is 1.38. The average Bonchev–Trinajstić information content (AvgIpc) is 2.34. The summed E-state index contributed by atoms with van der Waals surface area (Å²) in [6.07, 6.45) is -1.10. The molecule has 0 aliphatic heterocycles. The molecule has 0 heterocycles. The van der Waals surface area contributed by atoms with Gasteiger partial charge in [-0.2, -0.15) is 0 Å². The highest BCUT2D eigenvalue weighted by molar-refractivity contribution is 7.89. The Morgan fingerprint density at radius 2 is 1.95 bits per heavy atom. The number of carboxylic acids is 2. The number of nitrogens with one attached hydrogen (secondary N) is 1. The van der Waals surface area contributed by atoms with E-state index in [0.717, 1.165) is 6.07 Å². The molecule has 0 radical (unpaired) electrons. The van der Waals surface area contributed by atoms with Gasteiger partial charge < -0.3 is 19.8 Å². The highest BCUT2D eigenvalue weighted by Crippen LogP contribution is 2.16. The lowest BCUT2D eigenvalue weighted by atomic mass is 10.2. The molecule has 7 nitrogen and oxygen atoms in total. The van der Waals surface area contributed by atoms with Crippen molar-refractivity contribution in [2.24, 2.45) is 0 Å². The number of hydrogen-bond acceptors (Lipinski definition) is 6. The van der Waals surface area contributed by atoms with Crippen molar-refractivity contribution in [2.75, 3.05) is 0 Å². The number of aliphatic carboxylic acids is 2. The monoisotopic (exact) mass is 319 g/mol. The number of halogens is 1. The summed E-state index contributed by atoms with van der Waals surface area (Å²) in [6, 6.07) is 3.52. The predicted octanol–water partition coefficient (Wildman–Crippen LogP) is -1.73. The lowest BCUT2D eigenvalue weighted by Crippen LogP contribution is -2.48. The van der Waals surface area contributed by atoms with Gasteiger partial charge in [-0.3, -0.25) is 0 Å². The topological polar surface area (TPSA) is 126 Å². The summed E-state index contributed by atoms with van der Waals surface area (Å²) in [5.41, 5.74) is 0. The fraction of sp³-hybridized carbons (Fsp3) is 0.273. The van der Waals surface area contributed by atoms with Crippen molar-refractivity contribution in [1.29, 1.82) is 0 Å². The summed E-state index contributed by atoms with van der Waals surface area (Å²) in [5, 5.41) is 21.3. The molecule has 1 N–H and O–H groups in total. The van der Waals surface area contributed by atoms with Crippen LogP contribution in [0.15, 0.2) is 29.2 Å². The lowest BCUT2D eigenvalue weighted by Gasteiger charge is -2.19. The molecule has 0 aliphatic carbocycles. The van der Waals surface area contributed by atoms with Gasteiger partial charge in [-0.05, 0) is 31.0 Å². The standard InChI is InChI=1S/C11H12ClNO6S/c12-7-2-1-3-8(6-7)20(18,19)13-9(11(16)17)4-5-10(14)15/h1-3,6,9,13H,4-5H2,(H,14,15)(H,16,17)/p-2/t9-/m1/s1. The SMILES string of the molecule is O=C([O-])CC[C@@H](NS(=O)(=O)c1cccc(Cl)c1)C(=O)[O-]. The third-order valence-corrected chi connectivity index (χ3v) is 4.03. The molecule has 0 unspecified atom stereocenters. The molecule has 0 aromatic heterocycles. The molecule has 9 heteroatoms. The van der Waals surface area contributed by atoms with Crippen molar-refractivity contribution in [2.45, 2.75) is 23.8 Å². The zero-order valence-electron chi connectivity index (χ0n) is 10.0. The first-order chi connectivity index (χ1) is 9.22. The van der Waals surface area contributed by atoms with Crippen LogP contribution < -0.4 is 14.9 Å². The van der Waals surface area contributed by atoms with Gasteiger partial charge in [-0.25, -0.2) is 13.1 Å². The van der Waals surface area contributed by atoms with Crippen LogP contribution in [0.3, 0.4) is 0 Å². The Morgan fingerprint density at radius 3 is 2.45 bits per heavy atom. The van der Waals surface area contributed by atoms with Crippen LogP contribution in [0.2, 0.25) is 5.02 Å². The normalized spacial score (nSPS) is 12.8. The Labute approximate surface area is 120 Å². The molecule has 1 aromatic carbocycles. The first kappa shape index (κ1) is 16.4. The summed E-state index contributed by atoms with van der Waals surface area (Å²) in [6.45, 7) is 0. The third kappa shape index (κ3) is 4.80. The van der Waals surface area contributed by atoms with Crippen molar-refractivity contribution in [3.05, 3.63) is 29.3 Å². The molecule has 0 bridgehead atoms. The zero-order chi connectivity index (χ0) is 15.3. The molecule has 0 aliphatic rings. The van der Waals surface area contributed by atoms with Gasteiger partial charge in [0.15, 0.2) is 0 Å². The van der Waals surface area contributed by atoms with Gasteiger partial charge in [0.1, 0.15) is 0 Å². The van der Waals surface area contributed by atoms with Gasteiger partial charge in [-0.15, -0.1) is 0 Å². The summed E-state index contributed by atoms with van der Waals surface area (Å²) < 4.78 is 25.7. The smallest absolute Gasteiger partial charge is 0.241 e. The zero-order valence-corrected chi connectivity index (χ0v) is 11.6. The number of carbonyl (C=O) groups is 2. The van der Waals surface area contributed by atoms with Gasteiger partial charge in [0.25, 0.3) is 0 Å². The van der Waals surface area contributed by atoms with Crippen LogP contribution in [-0.4, -0.2) is 26.4 Å². The Bertz CT molecular complexity index is 615. The Balaban J connectivity index is 2.91. The molecule has 0 fully saturated rings. The second-order valence-corrected chi connectivity index (χ2v) is 6.01. The number of sulfonamides is 1. The van der Waals surface area contributed by atoms with Crippen molar-refractivity contribution in [3.63, 3.8) is 0 Å². The third-order valence-electron chi connectivity index (χ3n) is 2.33. The van der Waals surface area contributed by atoms with E-state index in [1.54, 1.807) is 0 Å². The molecule has 1 aromatic rings. The van der Waals surface area contributed by atoms with E-state index in [1.165, 1.54) is 18.2 Å². The Hall–Kier alpha value is -1.64. The minimum absolute atomic E-state index is 0.160. The Morgan fingerprint density at radius 1 is 1.30 bits per heavy atom. The first-order valence-electron chi connectivity index (χ1n) is 5.41. The molecule has 20 heavy (non-hydrogen) atoms. The van der Waals surface area contributed by atoms with Crippen LogP contribution in [0.25, 0.3) is 0 Å². The quantitative estimate of drug-likeness (QED) is 0.636. The number of carbonyl (C=O) groups excluding carboxylic acids is 2. The van der Waals surface area contributed by atoms with Crippen LogP contribution in [-0.2, 0) is 19.6 Å². The first-order valence-corrected chi connectivity index (χ1v) is 7.27. The highest BCUT2D eigenvalue weighted by atomic mass is 35.5. The summed E-state index contributed by atoms with van der Waals surface area (Å²) in [5.74, 6) is -3.21. The number of carboxylic acid groups (broad SMARTS) is 2. The largest absolute Gasteiger partial charge is 0.550 e. The van der Waals surface area contributed by atoms with E-state index in [2.05, 4.69) is 0 Å². The summed E-state index contributed by atoms with van der Waals surface area (Å²) >= 11 is 5.65. The van der Waals surface area contributed by atoms with Crippen molar-refractivity contribution in [1.82, 2.24) is 4.72 Å². The summed E-state index contributed by atoms with van der Waals surface area (Å²) in [4.78, 5) is 20.9. The van der Waals surface area contributed by atoms with Crippen molar-refractivity contribution < 1.29 is 28.2 Å². The van der Waals surface area contributed by atoms with E-state index in [4.69, 9.17) is 11.6 Å². The molecule has 0 saturated carbocycles. The van der Waals surface area contributed by atoms with Crippen molar-refractivity contribution in [3.8, 4) is 0 Å². The maximum atomic E-state index is 11.9. The maximum absolute atomic E-state index is 11.9.